The highest BCUT2D eigenvalue weighted by atomic mass is 16.5. The molecule has 0 spiro atoms. The van der Waals surface area contributed by atoms with Crippen molar-refractivity contribution in [2.75, 3.05) is 32.8 Å². The number of nitrogens with one attached hydrogen (secondary N) is 1. The fourth-order valence-electron chi connectivity index (χ4n) is 3.36. The summed E-state index contributed by atoms with van der Waals surface area (Å²) in [7, 11) is 0. The molecule has 2 saturated heterocycles. The first-order valence-electron chi connectivity index (χ1n) is 8.48. The molecule has 2 fully saturated rings. The average Bonchev–Trinajstić information content (AvgIpc) is 3.24. The van der Waals surface area contributed by atoms with Crippen LogP contribution in [0, 0.1) is 5.92 Å². The second kappa shape index (κ2) is 7.75. The van der Waals surface area contributed by atoms with E-state index < -0.39 is 0 Å². The normalized spacial score (nSPS) is 24.8. The van der Waals surface area contributed by atoms with Gasteiger partial charge in [0.05, 0.1) is 12.0 Å². The molecule has 2 aliphatic rings. The third-order valence-corrected chi connectivity index (χ3v) is 4.67. The molecule has 0 saturated carbocycles. The first-order chi connectivity index (χ1) is 10.8. The van der Waals surface area contributed by atoms with Crippen LogP contribution in [0.4, 0.5) is 0 Å². The third kappa shape index (κ3) is 4.08. The largest absolute Gasteiger partial charge is 0.376 e. The number of hydrogen-bond acceptors (Lipinski definition) is 3. The Hall–Kier alpha value is -1.39. The van der Waals surface area contributed by atoms with Gasteiger partial charge in [-0.15, -0.1) is 0 Å². The van der Waals surface area contributed by atoms with E-state index in [9.17, 15) is 4.79 Å². The van der Waals surface area contributed by atoms with Crippen molar-refractivity contribution in [2.24, 2.45) is 5.92 Å². The molecule has 2 unspecified atom stereocenters. The van der Waals surface area contributed by atoms with Gasteiger partial charge in [0, 0.05) is 26.2 Å². The molecule has 4 heteroatoms. The average molecular weight is 302 g/mol. The van der Waals surface area contributed by atoms with Crippen LogP contribution >= 0.6 is 0 Å². The maximum atomic E-state index is 12.3. The lowest BCUT2D eigenvalue weighted by Gasteiger charge is -2.20. The zero-order chi connectivity index (χ0) is 15.2. The van der Waals surface area contributed by atoms with E-state index in [0.29, 0.717) is 5.91 Å². The summed E-state index contributed by atoms with van der Waals surface area (Å²) in [5.74, 6) is 0.511. The van der Waals surface area contributed by atoms with E-state index in [1.54, 1.807) is 0 Å². The lowest BCUT2D eigenvalue weighted by atomic mass is 10.1. The van der Waals surface area contributed by atoms with Crippen molar-refractivity contribution >= 4 is 5.91 Å². The molecule has 1 N–H and O–H groups in total. The highest BCUT2D eigenvalue weighted by molar-refractivity contribution is 5.79. The highest BCUT2D eigenvalue weighted by Crippen LogP contribution is 2.19. The fraction of sp³-hybridized carbons (Fsp3) is 0.611. The molecule has 1 amide bonds. The molecule has 0 radical (unpaired) electrons. The molecule has 2 aliphatic heterocycles. The summed E-state index contributed by atoms with van der Waals surface area (Å²) in [6.45, 7) is 4.24. The fourth-order valence-corrected chi connectivity index (χ4v) is 3.36. The van der Waals surface area contributed by atoms with Crippen LogP contribution in [-0.2, 0) is 16.0 Å². The van der Waals surface area contributed by atoms with Gasteiger partial charge in [-0.05, 0) is 37.8 Å². The first kappa shape index (κ1) is 15.5. The Kier molecular flexibility index (Phi) is 5.46. The van der Waals surface area contributed by atoms with Gasteiger partial charge in [0.2, 0.25) is 5.91 Å². The lowest BCUT2D eigenvalue weighted by molar-refractivity contribution is -0.134. The predicted octanol–water partition coefficient (Wildman–Crippen LogP) is 1.85. The summed E-state index contributed by atoms with van der Waals surface area (Å²) < 4.78 is 5.96. The Morgan fingerprint density at radius 2 is 2.14 bits per heavy atom. The van der Waals surface area contributed by atoms with E-state index >= 15 is 0 Å². The second-order valence-electron chi connectivity index (χ2n) is 6.34. The zero-order valence-corrected chi connectivity index (χ0v) is 13.2. The molecule has 1 aromatic carbocycles. The summed E-state index contributed by atoms with van der Waals surface area (Å²) in [6, 6.07) is 10.5. The number of aryl methyl sites for hydroxylation is 1. The lowest BCUT2D eigenvalue weighted by Crippen LogP contribution is -2.36. The van der Waals surface area contributed by atoms with Crippen LogP contribution in [0.5, 0.6) is 0 Å². The number of amides is 1. The van der Waals surface area contributed by atoms with Crippen LogP contribution in [0.15, 0.2) is 30.3 Å². The van der Waals surface area contributed by atoms with E-state index in [4.69, 9.17) is 4.74 Å². The third-order valence-electron chi connectivity index (χ3n) is 4.67. The van der Waals surface area contributed by atoms with Crippen LogP contribution in [0.1, 0.15) is 24.8 Å². The molecule has 1 aromatic rings. The minimum Gasteiger partial charge on any atom is -0.376 e. The van der Waals surface area contributed by atoms with Crippen molar-refractivity contribution in [1.29, 1.82) is 0 Å². The number of carbonyl (C=O) groups is 1. The van der Waals surface area contributed by atoms with Crippen molar-refractivity contribution in [3.8, 4) is 0 Å². The van der Waals surface area contributed by atoms with E-state index in [2.05, 4.69) is 29.6 Å². The molecular weight excluding hydrogens is 276 g/mol. The maximum absolute atomic E-state index is 12.3. The van der Waals surface area contributed by atoms with Gasteiger partial charge in [-0.1, -0.05) is 30.3 Å². The van der Waals surface area contributed by atoms with Crippen LogP contribution < -0.4 is 5.32 Å². The SMILES string of the molecule is O=C(C1CCNC1)N1CCC(OCCCc2ccccc2)C1. The summed E-state index contributed by atoms with van der Waals surface area (Å²) in [5, 5.41) is 3.27. The second-order valence-corrected chi connectivity index (χ2v) is 6.34. The Balaban J connectivity index is 1.33. The van der Waals surface area contributed by atoms with Crippen molar-refractivity contribution in [2.45, 2.75) is 31.8 Å². The molecule has 2 heterocycles. The van der Waals surface area contributed by atoms with Gasteiger partial charge in [-0.25, -0.2) is 0 Å². The van der Waals surface area contributed by atoms with Gasteiger partial charge in [0.25, 0.3) is 0 Å². The Bertz CT molecular complexity index is 471. The van der Waals surface area contributed by atoms with E-state index in [1.807, 2.05) is 11.0 Å². The number of hydrogen-bond donors (Lipinski definition) is 1. The number of likely N-dealkylation sites (tertiary alicyclic amines) is 1. The maximum Gasteiger partial charge on any atom is 0.227 e. The molecule has 3 rings (SSSR count). The van der Waals surface area contributed by atoms with Crippen molar-refractivity contribution in [3.63, 3.8) is 0 Å². The monoisotopic (exact) mass is 302 g/mol. The van der Waals surface area contributed by atoms with Gasteiger partial charge >= 0.3 is 0 Å². The van der Waals surface area contributed by atoms with E-state index in [0.717, 1.165) is 58.5 Å². The minimum absolute atomic E-state index is 0.192. The molecule has 2 atom stereocenters. The number of carbonyl (C=O) groups excluding carboxylic acids is 1. The topological polar surface area (TPSA) is 41.6 Å². The Morgan fingerprint density at radius 3 is 2.91 bits per heavy atom. The zero-order valence-electron chi connectivity index (χ0n) is 13.2. The Morgan fingerprint density at radius 1 is 1.27 bits per heavy atom. The van der Waals surface area contributed by atoms with Crippen molar-refractivity contribution in [3.05, 3.63) is 35.9 Å². The smallest absolute Gasteiger partial charge is 0.227 e. The van der Waals surface area contributed by atoms with E-state index in [-0.39, 0.29) is 12.0 Å². The molecule has 4 nitrogen and oxygen atoms in total. The van der Waals surface area contributed by atoms with Crippen LogP contribution in [0.3, 0.4) is 0 Å². The molecular formula is C18H26N2O2. The van der Waals surface area contributed by atoms with Crippen LogP contribution in [-0.4, -0.2) is 49.7 Å². The molecule has 120 valence electrons. The van der Waals surface area contributed by atoms with Crippen molar-refractivity contribution in [1.82, 2.24) is 10.2 Å². The summed E-state index contributed by atoms with van der Waals surface area (Å²) in [5.41, 5.74) is 1.36. The van der Waals surface area contributed by atoms with Gasteiger partial charge in [-0.3, -0.25) is 4.79 Å². The number of ether oxygens (including phenoxy) is 1. The highest BCUT2D eigenvalue weighted by Gasteiger charge is 2.32. The summed E-state index contributed by atoms with van der Waals surface area (Å²) >= 11 is 0. The van der Waals surface area contributed by atoms with Gasteiger partial charge in [-0.2, -0.15) is 0 Å². The summed E-state index contributed by atoms with van der Waals surface area (Å²) in [6.07, 6.45) is 4.30. The molecule has 22 heavy (non-hydrogen) atoms. The number of rotatable bonds is 6. The Labute approximate surface area is 132 Å². The number of nitrogens with zero attached hydrogens (tertiary/aromatic N) is 1. The first-order valence-corrected chi connectivity index (χ1v) is 8.48. The number of benzene rings is 1. The molecule has 0 bridgehead atoms. The standard InChI is InChI=1S/C18H26N2O2/c21-18(16-8-10-19-13-16)20-11-9-17(14-20)22-12-4-7-15-5-2-1-3-6-15/h1-3,5-6,16-17,19H,4,7-14H2. The predicted molar refractivity (Wildman–Crippen MR) is 86.7 cm³/mol. The van der Waals surface area contributed by atoms with Gasteiger partial charge in [0.15, 0.2) is 0 Å². The van der Waals surface area contributed by atoms with Crippen molar-refractivity contribution < 1.29 is 9.53 Å². The van der Waals surface area contributed by atoms with Crippen LogP contribution in [0.2, 0.25) is 0 Å². The summed E-state index contributed by atoms with van der Waals surface area (Å²) in [4.78, 5) is 14.3. The van der Waals surface area contributed by atoms with Gasteiger partial charge < -0.3 is 15.0 Å². The minimum atomic E-state index is 0.192. The quantitative estimate of drug-likeness (QED) is 0.815. The van der Waals surface area contributed by atoms with Gasteiger partial charge in [0.1, 0.15) is 0 Å². The van der Waals surface area contributed by atoms with Crippen LogP contribution in [0.25, 0.3) is 0 Å². The molecule has 0 aliphatic carbocycles. The van der Waals surface area contributed by atoms with E-state index in [1.165, 1.54) is 5.56 Å². The molecule has 0 aromatic heterocycles.